The zero-order valence-corrected chi connectivity index (χ0v) is 5.92. The van der Waals surface area contributed by atoms with Crippen LogP contribution in [0.1, 0.15) is 0 Å². The number of thiol groups is 1. The summed E-state index contributed by atoms with van der Waals surface area (Å²) in [5, 5.41) is 1.48. The summed E-state index contributed by atoms with van der Waals surface area (Å²) in [6, 6.07) is 0. The van der Waals surface area contributed by atoms with Gasteiger partial charge in [0.05, 0.1) is 0 Å². The average molecular weight is 137 g/mol. The zero-order valence-electron chi connectivity index (χ0n) is 4.21. The molecule has 0 aliphatic heterocycles. The molecule has 0 aromatic carbocycles. The van der Waals surface area contributed by atoms with Crippen molar-refractivity contribution >= 4 is 29.2 Å². The minimum atomic E-state index is 0.241. The predicted octanol–water partition coefficient (Wildman–Crippen LogP) is 0.694. The molecule has 0 spiro atoms. The molecule has 0 amide bonds. The number of hydroxylamine groups is 2. The van der Waals surface area contributed by atoms with Gasteiger partial charge in [0.1, 0.15) is 0 Å². The van der Waals surface area contributed by atoms with E-state index in [1.807, 2.05) is 0 Å². The van der Waals surface area contributed by atoms with Gasteiger partial charge in [-0.15, -0.1) is 5.06 Å². The molecule has 0 unspecified atom stereocenters. The molecule has 0 atom stereocenters. The van der Waals surface area contributed by atoms with Crippen LogP contribution in [0.5, 0.6) is 0 Å². The Morgan fingerprint density at radius 1 is 1.71 bits per heavy atom. The summed E-state index contributed by atoms with van der Waals surface area (Å²) >= 11 is 8.18. The van der Waals surface area contributed by atoms with E-state index in [0.29, 0.717) is 0 Å². The van der Waals surface area contributed by atoms with Crippen LogP contribution in [0.25, 0.3) is 0 Å². The van der Waals surface area contributed by atoms with Crippen LogP contribution in [0.15, 0.2) is 0 Å². The van der Waals surface area contributed by atoms with Gasteiger partial charge in [0, 0.05) is 14.1 Å². The first-order chi connectivity index (χ1) is 3.13. The van der Waals surface area contributed by atoms with E-state index in [4.69, 9.17) is 0 Å². The van der Waals surface area contributed by atoms with E-state index in [1.54, 1.807) is 14.1 Å². The quantitative estimate of drug-likeness (QED) is 0.324. The highest BCUT2D eigenvalue weighted by Crippen LogP contribution is 1.87. The normalized spacial score (nSPS) is 9.14. The van der Waals surface area contributed by atoms with Gasteiger partial charge in [-0.1, -0.05) is 12.6 Å². The molecule has 2 nitrogen and oxygen atoms in total. The van der Waals surface area contributed by atoms with Gasteiger partial charge in [0.15, 0.2) is 0 Å². The van der Waals surface area contributed by atoms with Crippen molar-refractivity contribution in [1.29, 1.82) is 0 Å². The van der Waals surface area contributed by atoms with Gasteiger partial charge in [0.2, 0.25) is 4.38 Å². The van der Waals surface area contributed by atoms with E-state index in [1.165, 1.54) is 5.06 Å². The molecule has 7 heavy (non-hydrogen) atoms. The summed E-state index contributed by atoms with van der Waals surface area (Å²) in [7, 11) is 3.48. The van der Waals surface area contributed by atoms with Crippen molar-refractivity contribution in [3.63, 3.8) is 0 Å². The van der Waals surface area contributed by atoms with Crippen LogP contribution in [0.2, 0.25) is 0 Å². The van der Waals surface area contributed by atoms with Crippen molar-refractivity contribution < 1.29 is 4.84 Å². The highest BCUT2D eigenvalue weighted by atomic mass is 32.1. The molecule has 0 bridgehead atoms. The maximum absolute atomic E-state index is 4.68. The summed E-state index contributed by atoms with van der Waals surface area (Å²) in [5.74, 6) is 0. The molecule has 0 aliphatic carbocycles. The van der Waals surface area contributed by atoms with Crippen LogP contribution in [0.4, 0.5) is 0 Å². The Balaban J connectivity index is 3.13. The monoisotopic (exact) mass is 137 g/mol. The van der Waals surface area contributed by atoms with Crippen molar-refractivity contribution in [3.05, 3.63) is 0 Å². The molecule has 0 N–H and O–H groups in total. The van der Waals surface area contributed by atoms with Gasteiger partial charge in [-0.25, -0.2) is 0 Å². The number of hydrogen-bond acceptors (Lipinski definition) is 3. The van der Waals surface area contributed by atoms with Crippen LogP contribution in [-0.4, -0.2) is 23.5 Å². The molecular formula is C3H7NOS2. The van der Waals surface area contributed by atoms with Crippen molar-refractivity contribution in [2.24, 2.45) is 0 Å². The van der Waals surface area contributed by atoms with Crippen LogP contribution in [0.3, 0.4) is 0 Å². The topological polar surface area (TPSA) is 12.5 Å². The van der Waals surface area contributed by atoms with Gasteiger partial charge < -0.3 is 4.84 Å². The van der Waals surface area contributed by atoms with Gasteiger partial charge >= 0.3 is 0 Å². The van der Waals surface area contributed by atoms with E-state index >= 15 is 0 Å². The SMILES string of the molecule is CN(C)OC(=S)S. The molecule has 0 heterocycles. The number of thiocarbonyl (C=S) groups is 1. The summed E-state index contributed by atoms with van der Waals surface area (Å²) in [4.78, 5) is 4.68. The van der Waals surface area contributed by atoms with Crippen LogP contribution >= 0.6 is 24.8 Å². The third-order valence-electron chi connectivity index (χ3n) is 0.261. The first-order valence-electron chi connectivity index (χ1n) is 1.71. The molecule has 0 radical (unpaired) electrons. The number of rotatable bonds is 1. The second-order valence-corrected chi connectivity index (χ2v) is 2.25. The van der Waals surface area contributed by atoms with Crippen LogP contribution in [-0.2, 0) is 4.84 Å². The first-order valence-corrected chi connectivity index (χ1v) is 2.56. The molecule has 42 valence electrons. The van der Waals surface area contributed by atoms with Crippen molar-refractivity contribution in [2.75, 3.05) is 14.1 Å². The molecule has 0 fully saturated rings. The minimum absolute atomic E-state index is 0.241. The molecule has 0 aromatic heterocycles. The Bertz CT molecular complexity index is 73.3. The highest BCUT2D eigenvalue weighted by molar-refractivity contribution is 8.10. The molecule has 0 rings (SSSR count). The van der Waals surface area contributed by atoms with Gasteiger partial charge in [-0.2, -0.15) is 0 Å². The maximum atomic E-state index is 4.68. The fourth-order valence-corrected chi connectivity index (χ4v) is 0.469. The molecular weight excluding hydrogens is 130 g/mol. The Hall–Kier alpha value is 0.200. The van der Waals surface area contributed by atoms with E-state index in [-0.39, 0.29) is 4.38 Å². The van der Waals surface area contributed by atoms with E-state index in [0.717, 1.165) is 0 Å². The predicted molar refractivity (Wildman–Crippen MR) is 36.4 cm³/mol. The van der Waals surface area contributed by atoms with Crippen molar-refractivity contribution in [3.8, 4) is 0 Å². The summed E-state index contributed by atoms with van der Waals surface area (Å²) < 4.78 is 0.241. The van der Waals surface area contributed by atoms with Crippen molar-refractivity contribution in [2.45, 2.75) is 0 Å². The van der Waals surface area contributed by atoms with Gasteiger partial charge in [-0.3, -0.25) is 0 Å². The van der Waals surface area contributed by atoms with Crippen LogP contribution < -0.4 is 0 Å². The third kappa shape index (κ3) is 6.20. The summed E-state index contributed by atoms with van der Waals surface area (Å²) in [6.07, 6.45) is 0. The average Bonchev–Trinajstić information content (AvgIpc) is 1.27. The zero-order chi connectivity index (χ0) is 5.86. The Labute approximate surface area is 53.8 Å². The summed E-state index contributed by atoms with van der Waals surface area (Å²) in [5.41, 5.74) is 0. The van der Waals surface area contributed by atoms with E-state index in [2.05, 4.69) is 29.7 Å². The van der Waals surface area contributed by atoms with Gasteiger partial charge in [-0.05, 0) is 12.2 Å². The fraction of sp³-hybridized carbons (Fsp3) is 0.667. The largest absolute Gasteiger partial charge is 0.388 e. The van der Waals surface area contributed by atoms with Crippen LogP contribution in [0, 0.1) is 0 Å². The first kappa shape index (κ1) is 7.20. The molecule has 4 heteroatoms. The highest BCUT2D eigenvalue weighted by Gasteiger charge is 1.87. The Morgan fingerprint density at radius 2 is 2.14 bits per heavy atom. The standard InChI is InChI=1S/C3H7NOS2/c1-4(2)5-3(6)7/h1-2H3,(H,6,7). The number of nitrogens with zero attached hydrogens (tertiary/aromatic N) is 1. The maximum Gasteiger partial charge on any atom is 0.241 e. The lowest BCUT2D eigenvalue weighted by molar-refractivity contribution is -0.00980. The molecule has 0 saturated heterocycles. The van der Waals surface area contributed by atoms with Crippen molar-refractivity contribution in [1.82, 2.24) is 5.06 Å². The second kappa shape index (κ2) is 3.23. The third-order valence-corrected chi connectivity index (χ3v) is 0.417. The smallest absolute Gasteiger partial charge is 0.241 e. The Kier molecular flexibility index (Phi) is 3.33. The van der Waals surface area contributed by atoms with E-state index < -0.39 is 0 Å². The van der Waals surface area contributed by atoms with E-state index in [9.17, 15) is 0 Å². The summed E-state index contributed by atoms with van der Waals surface area (Å²) in [6.45, 7) is 0. The second-order valence-electron chi connectivity index (χ2n) is 1.17. The number of hydrogen-bond donors (Lipinski definition) is 1. The fourth-order valence-electron chi connectivity index (χ4n) is 0.156. The molecule has 0 saturated carbocycles. The Morgan fingerprint density at radius 3 is 2.14 bits per heavy atom. The molecule has 0 aromatic rings. The molecule has 0 aliphatic rings. The van der Waals surface area contributed by atoms with Gasteiger partial charge in [0.25, 0.3) is 0 Å². The minimum Gasteiger partial charge on any atom is -0.388 e. The lowest BCUT2D eigenvalue weighted by Gasteiger charge is -2.07. The lowest BCUT2D eigenvalue weighted by atomic mass is 11.2. The lowest BCUT2D eigenvalue weighted by Crippen LogP contribution is -2.13.